The Labute approximate surface area is 130 Å². The lowest BCUT2D eigenvalue weighted by atomic mass is 10.1. The maximum absolute atomic E-state index is 12.3. The first-order valence-corrected chi connectivity index (χ1v) is 6.88. The van der Waals surface area contributed by atoms with Crippen LogP contribution in [0.15, 0.2) is 40.9 Å². The van der Waals surface area contributed by atoms with Gasteiger partial charge in [-0.1, -0.05) is 11.2 Å². The Balaban J connectivity index is 1.81. The summed E-state index contributed by atoms with van der Waals surface area (Å²) in [5.41, 5.74) is 1.24. The van der Waals surface area contributed by atoms with E-state index in [-0.39, 0.29) is 11.3 Å². The third-order valence-electron chi connectivity index (χ3n) is 3.46. The Morgan fingerprint density at radius 2 is 2.04 bits per heavy atom. The average molecular weight is 309 g/mol. The van der Waals surface area contributed by atoms with Gasteiger partial charge >= 0.3 is 0 Å². The van der Waals surface area contributed by atoms with Gasteiger partial charge in [0.05, 0.1) is 5.69 Å². The molecule has 114 valence electrons. The van der Waals surface area contributed by atoms with Crippen molar-refractivity contribution in [2.75, 3.05) is 5.32 Å². The number of nitrogens with one attached hydrogen (secondary N) is 1. The van der Waals surface area contributed by atoms with E-state index < -0.39 is 5.91 Å². The number of phenols is 1. The van der Waals surface area contributed by atoms with E-state index in [1.54, 1.807) is 37.3 Å². The molecule has 1 amide bonds. The van der Waals surface area contributed by atoms with Crippen molar-refractivity contribution in [3.63, 3.8) is 0 Å². The Morgan fingerprint density at radius 1 is 1.17 bits per heavy atom. The summed E-state index contributed by atoms with van der Waals surface area (Å²) in [6, 6.07) is 9.84. The predicted molar refractivity (Wildman–Crippen MR) is 80.6 cm³/mol. The first-order valence-electron chi connectivity index (χ1n) is 6.88. The molecule has 1 aliphatic heterocycles. The molecule has 0 saturated carbocycles. The van der Waals surface area contributed by atoms with Gasteiger partial charge in [0.1, 0.15) is 17.1 Å². The molecule has 0 bridgehead atoms. The Kier molecular flexibility index (Phi) is 2.80. The number of rotatable bonds is 1. The fourth-order valence-corrected chi connectivity index (χ4v) is 2.41. The van der Waals surface area contributed by atoms with Crippen LogP contribution in [0.2, 0.25) is 0 Å². The second-order valence-corrected chi connectivity index (χ2v) is 5.05. The zero-order chi connectivity index (χ0) is 16.0. The van der Waals surface area contributed by atoms with Crippen LogP contribution in [0.25, 0.3) is 11.4 Å². The first-order chi connectivity index (χ1) is 11.1. The van der Waals surface area contributed by atoms with Crippen molar-refractivity contribution < 1.29 is 19.2 Å². The highest BCUT2D eigenvalue weighted by atomic mass is 16.5. The maximum atomic E-state index is 12.3. The van der Waals surface area contributed by atoms with Crippen LogP contribution in [0, 0.1) is 6.92 Å². The van der Waals surface area contributed by atoms with Gasteiger partial charge in [-0.2, -0.15) is 4.98 Å². The molecular formula is C16H11N3O4. The third kappa shape index (κ3) is 2.18. The topological polar surface area (TPSA) is 97.5 Å². The summed E-state index contributed by atoms with van der Waals surface area (Å²) in [4.78, 5) is 16.5. The summed E-state index contributed by atoms with van der Waals surface area (Å²) >= 11 is 0. The number of aromatic nitrogens is 2. The summed E-state index contributed by atoms with van der Waals surface area (Å²) in [7, 11) is 0. The summed E-state index contributed by atoms with van der Waals surface area (Å²) < 4.78 is 10.7. The number of carbonyl (C=O) groups is 1. The van der Waals surface area contributed by atoms with Crippen LogP contribution >= 0.6 is 0 Å². The van der Waals surface area contributed by atoms with Crippen LogP contribution in [-0.4, -0.2) is 21.2 Å². The highest BCUT2D eigenvalue weighted by Gasteiger charge is 2.24. The van der Waals surface area contributed by atoms with E-state index in [0.29, 0.717) is 34.5 Å². The summed E-state index contributed by atoms with van der Waals surface area (Å²) in [6.07, 6.45) is 0. The second kappa shape index (κ2) is 4.84. The Morgan fingerprint density at radius 3 is 2.83 bits per heavy atom. The Bertz CT molecular complexity index is 933. The summed E-state index contributed by atoms with van der Waals surface area (Å²) in [5, 5.41) is 16.5. The third-order valence-corrected chi connectivity index (χ3v) is 3.46. The molecule has 0 saturated heterocycles. The molecule has 0 atom stereocenters. The van der Waals surface area contributed by atoms with Gasteiger partial charge in [-0.15, -0.1) is 0 Å². The van der Waals surface area contributed by atoms with Gasteiger partial charge in [-0.3, -0.25) is 4.79 Å². The fourth-order valence-electron chi connectivity index (χ4n) is 2.41. The summed E-state index contributed by atoms with van der Waals surface area (Å²) in [5.74, 6) is 1.05. The molecule has 0 aliphatic carbocycles. The molecule has 0 unspecified atom stereocenters. The largest absolute Gasteiger partial charge is 0.507 e. The lowest BCUT2D eigenvalue weighted by Crippen LogP contribution is -2.10. The fraction of sp³-hybridized carbons (Fsp3) is 0.0625. The number of aryl methyl sites for hydroxylation is 1. The van der Waals surface area contributed by atoms with Crippen molar-refractivity contribution >= 4 is 11.6 Å². The van der Waals surface area contributed by atoms with Gasteiger partial charge in [-0.25, -0.2) is 0 Å². The van der Waals surface area contributed by atoms with Crippen molar-refractivity contribution in [1.29, 1.82) is 0 Å². The number of phenolic OH excluding ortho intramolecular Hbond substituents is 1. The van der Waals surface area contributed by atoms with Crippen molar-refractivity contribution in [2.24, 2.45) is 0 Å². The molecule has 2 heterocycles. The minimum atomic E-state index is -0.446. The number of hydrogen-bond acceptors (Lipinski definition) is 6. The zero-order valence-electron chi connectivity index (χ0n) is 12.0. The van der Waals surface area contributed by atoms with Crippen LogP contribution in [0.1, 0.15) is 16.2 Å². The molecule has 7 nitrogen and oxygen atoms in total. The average Bonchev–Trinajstić information content (AvgIpc) is 2.89. The molecule has 3 aromatic rings. The molecule has 2 N–H and O–H groups in total. The molecule has 1 aliphatic rings. The van der Waals surface area contributed by atoms with Crippen LogP contribution in [-0.2, 0) is 0 Å². The van der Waals surface area contributed by atoms with E-state index in [2.05, 4.69) is 15.5 Å². The number of ether oxygens (including phenoxy) is 1. The first kappa shape index (κ1) is 13.3. The lowest BCUT2D eigenvalue weighted by Gasteiger charge is -2.08. The smallest absolute Gasteiger partial charge is 0.263 e. The molecule has 0 spiro atoms. The van der Waals surface area contributed by atoms with Gasteiger partial charge in [-0.05, 0) is 30.3 Å². The van der Waals surface area contributed by atoms with Crippen LogP contribution < -0.4 is 10.1 Å². The number of carbonyl (C=O) groups excluding carboxylic acids is 1. The number of hydrogen-bond donors (Lipinski definition) is 2. The molecule has 7 heteroatoms. The quantitative estimate of drug-likeness (QED) is 0.717. The van der Waals surface area contributed by atoms with E-state index in [9.17, 15) is 9.90 Å². The molecule has 1 aromatic heterocycles. The van der Waals surface area contributed by atoms with Gasteiger partial charge in [0, 0.05) is 12.5 Å². The number of fused-ring (bicyclic) bond motifs is 2. The maximum Gasteiger partial charge on any atom is 0.263 e. The predicted octanol–water partition coefficient (Wildman–Crippen LogP) is 3.11. The van der Waals surface area contributed by atoms with E-state index in [4.69, 9.17) is 9.26 Å². The van der Waals surface area contributed by atoms with Crippen LogP contribution in [0.5, 0.6) is 17.2 Å². The van der Waals surface area contributed by atoms with Crippen LogP contribution in [0.4, 0.5) is 5.69 Å². The zero-order valence-corrected chi connectivity index (χ0v) is 12.0. The number of anilines is 1. The number of amides is 1. The Hall–Kier alpha value is -3.35. The van der Waals surface area contributed by atoms with E-state index >= 15 is 0 Å². The SMILES string of the molecule is Cc1nc(-c2ccc3c(c2)NC(=O)c2c(O)cccc2O3)no1. The van der Waals surface area contributed by atoms with Crippen molar-refractivity contribution in [2.45, 2.75) is 6.92 Å². The van der Waals surface area contributed by atoms with E-state index in [1.165, 1.54) is 6.07 Å². The van der Waals surface area contributed by atoms with Gasteiger partial charge in [0.25, 0.3) is 5.91 Å². The summed E-state index contributed by atoms with van der Waals surface area (Å²) in [6.45, 7) is 1.70. The van der Waals surface area contributed by atoms with Crippen molar-refractivity contribution in [3.05, 3.63) is 47.9 Å². The molecule has 0 fully saturated rings. The monoisotopic (exact) mass is 309 g/mol. The van der Waals surface area contributed by atoms with Gasteiger partial charge in [0.15, 0.2) is 5.75 Å². The molecule has 0 radical (unpaired) electrons. The second-order valence-electron chi connectivity index (χ2n) is 5.05. The van der Waals surface area contributed by atoms with Crippen molar-refractivity contribution in [1.82, 2.24) is 10.1 Å². The molecular weight excluding hydrogens is 298 g/mol. The highest BCUT2D eigenvalue weighted by Crippen LogP contribution is 2.40. The standard InChI is InChI=1S/C16H11N3O4/c1-8-17-15(19-23-8)9-5-6-12-10(7-9)18-16(21)14-11(20)3-2-4-13(14)22-12/h2-7,20H,1H3,(H,18,21). The molecule has 4 rings (SSSR count). The molecule has 2 aromatic carbocycles. The van der Waals surface area contributed by atoms with Crippen LogP contribution in [0.3, 0.4) is 0 Å². The number of aromatic hydroxyl groups is 1. The van der Waals surface area contributed by atoms with Gasteiger partial charge in [0.2, 0.25) is 11.7 Å². The lowest BCUT2D eigenvalue weighted by molar-refractivity contribution is 0.102. The van der Waals surface area contributed by atoms with E-state index in [0.717, 1.165) is 0 Å². The minimum absolute atomic E-state index is 0.0978. The number of benzene rings is 2. The number of nitrogens with zero attached hydrogens (tertiary/aromatic N) is 2. The highest BCUT2D eigenvalue weighted by molar-refractivity contribution is 6.10. The molecule has 23 heavy (non-hydrogen) atoms. The van der Waals surface area contributed by atoms with Gasteiger partial charge < -0.3 is 19.7 Å². The van der Waals surface area contributed by atoms with E-state index in [1.807, 2.05) is 0 Å². The van der Waals surface area contributed by atoms with Crippen molar-refractivity contribution in [3.8, 4) is 28.6 Å². The normalized spacial score (nSPS) is 12.7. The minimum Gasteiger partial charge on any atom is -0.507 e.